The maximum atomic E-state index is 12.1. The Hall–Kier alpha value is -1.90. The molecular formula is C15H16O3. The molecule has 0 aliphatic heterocycles. The Bertz CT molecular complexity index is 502. The molecule has 18 heavy (non-hydrogen) atoms. The molecule has 0 fully saturated rings. The van der Waals surface area contributed by atoms with Crippen molar-refractivity contribution < 1.29 is 14.7 Å². The van der Waals surface area contributed by atoms with Crippen LogP contribution in [-0.2, 0) is 9.59 Å². The Morgan fingerprint density at radius 3 is 2.56 bits per heavy atom. The van der Waals surface area contributed by atoms with E-state index in [4.69, 9.17) is 5.11 Å². The number of hydrogen-bond donors (Lipinski definition) is 1. The lowest BCUT2D eigenvalue weighted by atomic mass is 9.72. The molecule has 1 N–H and O–H groups in total. The maximum absolute atomic E-state index is 12.1. The summed E-state index contributed by atoms with van der Waals surface area (Å²) in [5, 5.41) is 8.86. The van der Waals surface area contributed by atoms with Gasteiger partial charge in [-0.05, 0) is 30.1 Å². The van der Waals surface area contributed by atoms with E-state index >= 15 is 0 Å². The Kier molecular flexibility index (Phi) is 3.32. The van der Waals surface area contributed by atoms with Crippen LogP contribution in [0.5, 0.6) is 0 Å². The van der Waals surface area contributed by atoms with E-state index in [-0.39, 0.29) is 12.2 Å². The number of ketones is 1. The quantitative estimate of drug-likeness (QED) is 0.889. The van der Waals surface area contributed by atoms with Gasteiger partial charge in [-0.1, -0.05) is 37.3 Å². The average molecular weight is 244 g/mol. The van der Waals surface area contributed by atoms with Gasteiger partial charge in [-0.25, -0.2) is 0 Å². The minimum atomic E-state index is -0.914. The van der Waals surface area contributed by atoms with Crippen molar-refractivity contribution in [3.63, 3.8) is 0 Å². The zero-order valence-corrected chi connectivity index (χ0v) is 10.3. The highest BCUT2D eigenvalue weighted by atomic mass is 16.4. The normalized spacial score (nSPS) is 23.6. The summed E-state index contributed by atoms with van der Waals surface area (Å²) in [7, 11) is 0. The smallest absolute Gasteiger partial charge is 0.304 e. The molecule has 3 nitrogen and oxygen atoms in total. The van der Waals surface area contributed by atoms with Crippen LogP contribution in [-0.4, -0.2) is 16.9 Å². The number of carbonyl (C=O) groups is 2. The fraction of sp³-hybridized carbons (Fsp3) is 0.333. The third kappa shape index (κ3) is 2.50. The predicted molar refractivity (Wildman–Crippen MR) is 69.0 cm³/mol. The van der Waals surface area contributed by atoms with E-state index in [1.54, 1.807) is 13.0 Å². The number of benzene rings is 1. The Balaban J connectivity index is 2.24. The highest BCUT2D eigenvalue weighted by Crippen LogP contribution is 2.38. The number of hydrogen-bond acceptors (Lipinski definition) is 2. The first-order chi connectivity index (χ1) is 8.51. The molecule has 0 spiro atoms. The van der Waals surface area contributed by atoms with Crippen LogP contribution in [0, 0.1) is 5.41 Å². The van der Waals surface area contributed by atoms with E-state index in [1.807, 2.05) is 30.3 Å². The standard InChI is InChI=1S/C15H16O3/c1-15(10-14(17)18)8-7-12(9-13(15)16)11-5-3-2-4-6-11/h2-6,9H,7-8,10H2,1H3,(H,17,18). The molecule has 0 amide bonds. The molecular weight excluding hydrogens is 228 g/mol. The fourth-order valence-corrected chi connectivity index (χ4v) is 2.33. The van der Waals surface area contributed by atoms with E-state index in [9.17, 15) is 9.59 Å². The highest BCUT2D eigenvalue weighted by molar-refractivity contribution is 6.03. The van der Waals surface area contributed by atoms with Crippen molar-refractivity contribution in [1.82, 2.24) is 0 Å². The molecule has 94 valence electrons. The summed E-state index contributed by atoms with van der Waals surface area (Å²) in [4.78, 5) is 22.9. The van der Waals surface area contributed by atoms with Crippen LogP contribution in [0.4, 0.5) is 0 Å². The first-order valence-electron chi connectivity index (χ1n) is 6.03. The summed E-state index contributed by atoms with van der Waals surface area (Å²) in [6.07, 6.45) is 2.87. The average Bonchev–Trinajstić information content (AvgIpc) is 2.33. The molecule has 1 aliphatic carbocycles. The molecule has 1 atom stereocenters. The van der Waals surface area contributed by atoms with Gasteiger partial charge in [-0.3, -0.25) is 9.59 Å². The predicted octanol–water partition coefficient (Wildman–Crippen LogP) is 2.91. The summed E-state index contributed by atoms with van der Waals surface area (Å²) in [5.74, 6) is -0.989. The summed E-state index contributed by atoms with van der Waals surface area (Å²) in [5.41, 5.74) is 1.30. The number of carboxylic acid groups (broad SMARTS) is 1. The lowest BCUT2D eigenvalue weighted by molar-refractivity contribution is -0.143. The van der Waals surface area contributed by atoms with Crippen LogP contribution in [0.1, 0.15) is 31.7 Å². The molecule has 1 aromatic carbocycles. The van der Waals surface area contributed by atoms with Crippen molar-refractivity contribution in [2.24, 2.45) is 5.41 Å². The SMILES string of the molecule is CC1(CC(=O)O)CCC(c2ccccc2)=CC1=O. The van der Waals surface area contributed by atoms with Crippen LogP contribution >= 0.6 is 0 Å². The third-order valence-electron chi connectivity index (χ3n) is 3.53. The number of carboxylic acids is 1. The van der Waals surface area contributed by atoms with Gasteiger partial charge >= 0.3 is 5.97 Å². The van der Waals surface area contributed by atoms with Crippen molar-refractivity contribution in [3.05, 3.63) is 42.0 Å². The van der Waals surface area contributed by atoms with Gasteiger partial charge in [0.05, 0.1) is 6.42 Å². The summed E-state index contributed by atoms with van der Waals surface area (Å²) in [6.45, 7) is 1.74. The molecule has 2 rings (SSSR count). The topological polar surface area (TPSA) is 54.4 Å². The van der Waals surface area contributed by atoms with E-state index < -0.39 is 11.4 Å². The molecule has 1 aliphatic rings. The monoisotopic (exact) mass is 244 g/mol. The summed E-state index contributed by atoms with van der Waals surface area (Å²) in [6, 6.07) is 9.75. The highest BCUT2D eigenvalue weighted by Gasteiger charge is 2.37. The van der Waals surface area contributed by atoms with Crippen LogP contribution in [0.25, 0.3) is 5.57 Å². The zero-order valence-electron chi connectivity index (χ0n) is 10.3. The van der Waals surface area contributed by atoms with E-state index in [0.717, 1.165) is 17.6 Å². The molecule has 0 saturated carbocycles. The van der Waals surface area contributed by atoms with Crippen molar-refractivity contribution >= 4 is 17.3 Å². The van der Waals surface area contributed by atoms with Gasteiger partial charge in [0.15, 0.2) is 5.78 Å². The van der Waals surface area contributed by atoms with E-state index in [2.05, 4.69) is 0 Å². The Morgan fingerprint density at radius 2 is 2.00 bits per heavy atom. The minimum Gasteiger partial charge on any atom is -0.481 e. The molecule has 0 aromatic heterocycles. The molecule has 0 radical (unpaired) electrons. The van der Waals surface area contributed by atoms with E-state index in [0.29, 0.717) is 6.42 Å². The van der Waals surface area contributed by atoms with Crippen molar-refractivity contribution in [1.29, 1.82) is 0 Å². The second-order valence-electron chi connectivity index (χ2n) is 5.03. The molecule has 0 heterocycles. The number of carbonyl (C=O) groups excluding carboxylic acids is 1. The lowest BCUT2D eigenvalue weighted by Gasteiger charge is -2.29. The van der Waals surface area contributed by atoms with Crippen LogP contribution in [0.2, 0.25) is 0 Å². The molecule has 0 bridgehead atoms. The summed E-state index contributed by atoms with van der Waals surface area (Å²) >= 11 is 0. The van der Waals surface area contributed by atoms with Crippen molar-refractivity contribution in [3.8, 4) is 0 Å². The second-order valence-corrected chi connectivity index (χ2v) is 5.03. The van der Waals surface area contributed by atoms with E-state index in [1.165, 1.54) is 0 Å². The number of aliphatic carboxylic acids is 1. The van der Waals surface area contributed by atoms with Gasteiger partial charge in [0, 0.05) is 5.41 Å². The van der Waals surface area contributed by atoms with Gasteiger partial charge < -0.3 is 5.11 Å². The largest absolute Gasteiger partial charge is 0.481 e. The first kappa shape index (κ1) is 12.6. The van der Waals surface area contributed by atoms with Crippen molar-refractivity contribution in [2.45, 2.75) is 26.2 Å². The minimum absolute atomic E-state index is 0.0741. The maximum Gasteiger partial charge on any atom is 0.304 e. The Morgan fingerprint density at radius 1 is 1.33 bits per heavy atom. The van der Waals surface area contributed by atoms with Gasteiger partial charge in [0.25, 0.3) is 0 Å². The number of rotatable bonds is 3. The molecule has 1 unspecified atom stereocenters. The second kappa shape index (κ2) is 4.77. The lowest BCUT2D eigenvalue weighted by Crippen LogP contribution is -2.32. The Labute approximate surface area is 106 Å². The molecule has 1 aromatic rings. The van der Waals surface area contributed by atoms with Crippen molar-refractivity contribution in [2.75, 3.05) is 0 Å². The van der Waals surface area contributed by atoms with Gasteiger partial charge in [0.2, 0.25) is 0 Å². The molecule has 0 saturated heterocycles. The first-order valence-corrected chi connectivity index (χ1v) is 6.03. The fourth-order valence-electron chi connectivity index (χ4n) is 2.33. The van der Waals surface area contributed by atoms with Crippen LogP contribution in [0.3, 0.4) is 0 Å². The number of allylic oxidation sites excluding steroid dienone is 2. The van der Waals surface area contributed by atoms with Crippen LogP contribution in [0.15, 0.2) is 36.4 Å². The zero-order chi connectivity index (χ0) is 13.2. The van der Waals surface area contributed by atoms with Gasteiger partial charge in [-0.15, -0.1) is 0 Å². The van der Waals surface area contributed by atoms with Gasteiger partial charge in [0.1, 0.15) is 0 Å². The third-order valence-corrected chi connectivity index (χ3v) is 3.53. The van der Waals surface area contributed by atoms with Crippen LogP contribution < -0.4 is 0 Å². The molecule has 3 heteroatoms. The summed E-state index contributed by atoms with van der Waals surface area (Å²) < 4.78 is 0. The van der Waals surface area contributed by atoms with Gasteiger partial charge in [-0.2, -0.15) is 0 Å².